The molecule has 2 bridgehead atoms. The number of ether oxygens (including phenoxy) is 4. The average Bonchev–Trinajstić information content (AvgIpc) is 3.21. The normalized spacial score (nSPS) is 44.8. The summed E-state index contributed by atoms with van der Waals surface area (Å²) in [4.78, 5) is 25.0. The van der Waals surface area contributed by atoms with E-state index in [0.717, 1.165) is 0 Å². The van der Waals surface area contributed by atoms with Crippen molar-refractivity contribution >= 4 is 11.9 Å². The van der Waals surface area contributed by atoms with Crippen molar-refractivity contribution in [2.45, 2.75) is 164 Å². The lowest BCUT2D eigenvalue weighted by atomic mass is 9.82. The van der Waals surface area contributed by atoms with Gasteiger partial charge in [-0.3, -0.25) is 9.59 Å². The summed E-state index contributed by atoms with van der Waals surface area (Å²) in [6.07, 6.45) is 4.41. The summed E-state index contributed by atoms with van der Waals surface area (Å²) in [6, 6.07) is -1.13. The number of rotatable bonds is 3. The van der Waals surface area contributed by atoms with E-state index < -0.39 is 141 Å². The minimum absolute atomic E-state index is 0.106. The van der Waals surface area contributed by atoms with Crippen LogP contribution < -0.4 is 5.73 Å². The number of esters is 1. The Balaban J connectivity index is 1.84. The minimum Gasteiger partial charge on any atom is -0.481 e. The molecule has 18 heteroatoms. The van der Waals surface area contributed by atoms with Crippen LogP contribution in [0.4, 0.5) is 0 Å². The van der Waals surface area contributed by atoms with E-state index in [1.807, 2.05) is 19.1 Å². The minimum atomic E-state index is -2.32. The molecule has 2 saturated heterocycles. The highest BCUT2D eigenvalue weighted by molar-refractivity contribution is 5.71. The van der Waals surface area contributed by atoms with Crippen molar-refractivity contribution in [2.24, 2.45) is 23.5 Å². The Kier molecular flexibility index (Phi) is 23.4. The third-order valence-corrected chi connectivity index (χ3v) is 11.7. The number of aliphatic hydroxyl groups is 10. The Labute approximate surface area is 374 Å². The van der Waals surface area contributed by atoms with Crippen LogP contribution in [0.25, 0.3) is 0 Å². The number of hydrogen-bond donors (Lipinski definition) is 12. The molecule has 3 heterocycles. The Morgan fingerprint density at radius 2 is 1.27 bits per heavy atom. The quantitative estimate of drug-likeness (QED) is 0.170. The van der Waals surface area contributed by atoms with Gasteiger partial charge >= 0.3 is 11.9 Å². The number of hydrogen-bond acceptors (Lipinski definition) is 17. The van der Waals surface area contributed by atoms with Crippen molar-refractivity contribution in [3.8, 4) is 0 Å². The van der Waals surface area contributed by atoms with Crippen molar-refractivity contribution in [1.29, 1.82) is 0 Å². The number of cyclic esters (lactones) is 1. The molecule has 0 amide bonds. The topological polar surface area (TPSA) is 320 Å². The van der Waals surface area contributed by atoms with Crippen LogP contribution in [-0.2, 0) is 28.5 Å². The fraction of sp³-hybridized carbons (Fsp3) is 0.652. The first-order valence-corrected chi connectivity index (χ1v) is 21.9. The number of nitrogens with two attached hydrogens (primary N) is 1. The van der Waals surface area contributed by atoms with E-state index in [0.29, 0.717) is 0 Å². The van der Waals surface area contributed by atoms with Crippen LogP contribution in [0.2, 0.25) is 0 Å². The number of carbonyl (C=O) groups excluding carboxylic acids is 1. The summed E-state index contributed by atoms with van der Waals surface area (Å²) in [6.45, 7) is 4.95. The summed E-state index contributed by atoms with van der Waals surface area (Å²) in [7, 11) is 0. The van der Waals surface area contributed by atoms with E-state index >= 15 is 0 Å². The van der Waals surface area contributed by atoms with Crippen LogP contribution in [0.3, 0.4) is 0 Å². The van der Waals surface area contributed by atoms with E-state index in [4.69, 9.17) is 24.7 Å². The zero-order valence-electron chi connectivity index (χ0n) is 36.7. The van der Waals surface area contributed by atoms with Gasteiger partial charge in [0, 0.05) is 37.5 Å². The van der Waals surface area contributed by atoms with Crippen LogP contribution >= 0.6 is 0 Å². The number of carboxylic acid groups (broad SMARTS) is 1. The van der Waals surface area contributed by atoms with E-state index in [9.17, 15) is 65.8 Å². The van der Waals surface area contributed by atoms with Gasteiger partial charge in [0.25, 0.3) is 0 Å². The molecular formula is C46H71NO17. The molecule has 0 spiro atoms. The Morgan fingerprint density at radius 1 is 0.688 bits per heavy atom. The molecule has 2 fully saturated rings. The van der Waals surface area contributed by atoms with Crippen LogP contribution in [0, 0.1) is 17.8 Å². The third-order valence-electron chi connectivity index (χ3n) is 11.7. The molecule has 0 aromatic carbocycles. The molecule has 13 N–H and O–H groups in total. The first-order chi connectivity index (χ1) is 30.2. The number of fused-ring (bicyclic) bond motifs is 2. The number of aliphatic hydroxyl groups excluding tert-OH is 9. The van der Waals surface area contributed by atoms with Gasteiger partial charge in [0.2, 0.25) is 0 Å². The van der Waals surface area contributed by atoms with Gasteiger partial charge in [0.1, 0.15) is 18.1 Å². The van der Waals surface area contributed by atoms with Crippen LogP contribution in [0.1, 0.15) is 72.1 Å². The molecule has 0 aromatic rings. The number of carboxylic acids is 1. The van der Waals surface area contributed by atoms with Gasteiger partial charge in [-0.05, 0) is 26.2 Å². The van der Waals surface area contributed by atoms with Gasteiger partial charge in [0.15, 0.2) is 12.1 Å². The third kappa shape index (κ3) is 18.4. The van der Waals surface area contributed by atoms with Gasteiger partial charge in [0.05, 0.1) is 80.1 Å². The van der Waals surface area contributed by atoms with Crippen molar-refractivity contribution in [3.05, 3.63) is 85.1 Å². The van der Waals surface area contributed by atoms with Crippen LogP contribution in [-0.4, -0.2) is 166 Å². The highest BCUT2D eigenvalue weighted by Gasteiger charge is 2.50. The maximum absolute atomic E-state index is 12.6. The molecule has 64 heavy (non-hydrogen) atoms. The fourth-order valence-corrected chi connectivity index (χ4v) is 7.72. The van der Waals surface area contributed by atoms with Gasteiger partial charge in [-0.15, -0.1) is 0 Å². The summed E-state index contributed by atoms with van der Waals surface area (Å²) in [5.41, 5.74) is 5.93. The van der Waals surface area contributed by atoms with Crippen LogP contribution in [0.15, 0.2) is 85.1 Å². The molecule has 18 atom stereocenters. The summed E-state index contributed by atoms with van der Waals surface area (Å²) >= 11 is 0. The van der Waals surface area contributed by atoms with Crippen molar-refractivity contribution < 1.29 is 84.7 Å². The monoisotopic (exact) mass is 909 g/mol. The van der Waals surface area contributed by atoms with E-state index in [-0.39, 0.29) is 38.2 Å². The van der Waals surface area contributed by atoms with Gasteiger partial charge in [-0.1, -0.05) is 98.9 Å². The molecule has 3 aliphatic heterocycles. The predicted molar refractivity (Wildman–Crippen MR) is 232 cm³/mol. The summed E-state index contributed by atoms with van der Waals surface area (Å²) in [5.74, 6) is -6.81. The smallest absolute Gasteiger partial charge is 0.311 e. The molecule has 3 rings (SSSR count). The zero-order chi connectivity index (χ0) is 47.6. The van der Waals surface area contributed by atoms with Gasteiger partial charge < -0.3 is 80.9 Å². The molecular weight excluding hydrogens is 838 g/mol. The molecule has 18 nitrogen and oxygen atoms in total. The van der Waals surface area contributed by atoms with Crippen molar-refractivity contribution in [2.75, 3.05) is 6.61 Å². The van der Waals surface area contributed by atoms with Crippen molar-refractivity contribution in [3.63, 3.8) is 0 Å². The SMILES string of the molecule is C[C@@H]1[C@H](O)[C@@H](C)/C=C/C=C/C=C/C=C/C=C/C=C/C=C/C(OC2OC[C@@H](O)[C@H](N)[C@H]2O)C[C@@H]2OC(O)(CC(O)CC(O)C(O)CCC(O)CC(O)CC(=O)O[C@H]1C)C[C@H](O)[C@H]2C(=O)O. The second-order valence-electron chi connectivity index (χ2n) is 17.1. The standard InChI is InChI=1S/C46H71NO17/c1-27-16-14-12-10-8-6-4-5-7-9-11-13-15-17-33(63-45-43(57)41(47)37(54)26-61-45)23-38-40(44(58)59)36(53)25-46(60,64-38)24-32(50)21-35(52)34(51)19-18-30(48)20-31(49)22-39(55)62-29(3)28(2)42(27)56/h4-17,27-38,40-43,45,48-54,56-57,60H,18-26,47H2,1-3H3,(H,58,59)/b5-4+,8-6+,9-7+,12-10+,13-11+,16-14+,17-15+/t27-,28-,29-,30?,31?,32?,33?,34?,35?,36-,37+,38-,40+,41-,42+,43+,45?,46?/m0/s1. The highest BCUT2D eigenvalue weighted by Crippen LogP contribution is 2.38. The maximum Gasteiger partial charge on any atom is 0.311 e. The van der Waals surface area contributed by atoms with E-state index in [1.54, 1.807) is 80.7 Å². The Bertz CT molecular complexity index is 1630. The lowest BCUT2D eigenvalue weighted by Gasteiger charge is -2.45. The van der Waals surface area contributed by atoms with Crippen molar-refractivity contribution in [1.82, 2.24) is 0 Å². The lowest BCUT2D eigenvalue weighted by Crippen LogP contribution is -2.59. The Morgan fingerprint density at radius 3 is 1.86 bits per heavy atom. The molecule has 0 aromatic heterocycles. The van der Waals surface area contributed by atoms with Crippen LogP contribution in [0.5, 0.6) is 0 Å². The molecule has 3 aliphatic rings. The molecule has 362 valence electrons. The van der Waals surface area contributed by atoms with E-state index in [1.165, 1.54) is 6.08 Å². The molecule has 8 unspecified atom stereocenters. The largest absolute Gasteiger partial charge is 0.481 e. The van der Waals surface area contributed by atoms with E-state index in [2.05, 4.69) is 0 Å². The summed E-state index contributed by atoms with van der Waals surface area (Å²) in [5, 5.41) is 118. The number of allylic oxidation sites excluding steroid dienone is 12. The number of aliphatic carboxylic acids is 1. The molecule has 0 aliphatic carbocycles. The highest BCUT2D eigenvalue weighted by atomic mass is 16.7. The lowest BCUT2D eigenvalue weighted by molar-refractivity contribution is -0.305. The first-order valence-electron chi connectivity index (χ1n) is 21.9. The van der Waals surface area contributed by atoms with Gasteiger partial charge in [-0.25, -0.2) is 0 Å². The maximum atomic E-state index is 12.6. The first kappa shape index (κ1) is 54.9. The number of carbonyl (C=O) groups is 2. The summed E-state index contributed by atoms with van der Waals surface area (Å²) < 4.78 is 22.8. The second kappa shape index (κ2) is 27.3. The molecule has 0 saturated carbocycles. The molecule has 0 radical (unpaired) electrons. The van der Waals surface area contributed by atoms with Gasteiger partial charge in [-0.2, -0.15) is 0 Å². The zero-order valence-corrected chi connectivity index (χ0v) is 36.7. The Hall–Kier alpha value is -3.44. The second-order valence-corrected chi connectivity index (χ2v) is 17.1. The predicted octanol–water partition coefficient (Wildman–Crippen LogP) is 0.323. The fourth-order valence-electron chi connectivity index (χ4n) is 7.72. The average molecular weight is 910 g/mol.